The molecule has 2 unspecified atom stereocenters. The van der Waals surface area contributed by atoms with E-state index in [1.54, 1.807) is 13.2 Å². The molecular formula is C28H30ClNO5. The molecule has 1 aliphatic heterocycles. The number of nitrogens with one attached hydrogen (secondary N) is 1. The first-order chi connectivity index (χ1) is 16.6. The molecule has 7 heteroatoms. The molecule has 6 nitrogen and oxygen atoms in total. The van der Waals surface area contributed by atoms with Crippen molar-refractivity contribution < 1.29 is 23.8 Å². The minimum absolute atomic E-state index is 0.0252. The third-order valence-corrected chi connectivity index (χ3v) is 6.81. The monoisotopic (exact) mass is 495 g/mol. The molecule has 1 N–H and O–H groups in total. The number of methoxy groups -OCH3 is 2. The van der Waals surface area contributed by atoms with Gasteiger partial charge in [0.2, 0.25) is 0 Å². The standard InChI is InChI=1S/C28H30ClNO5/c1-16-24(27(32)34-5)25(26-20(30-16)13-28(2,3)14-21(26)31)18-8-11-22(23(12-18)33-4)35-15-17-6-9-19(29)10-7-17/h6-12,24-25,30H,1,13-15H2,2-5H3. The van der Waals surface area contributed by atoms with Crippen molar-refractivity contribution in [1.82, 2.24) is 5.32 Å². The van der Waals surface area contributed by atoms with Crippen LogP contribution >= 0.6 is 11.6 Å². The Morgan fingerprint density at radius 3 is 2.49 bits per heavy atom. The lowest BCUT2D eigenvalue weighted by atomic mass is 9.66. The van der Waals surface area contributed by atoms with Crippen molar-refractivity contribution in [3.8, 4) is 11.5 Å². The van der Waals surface area contributed by atoms with E-state index in [1.165, 1.54) is 7.11 Å². The van der Waals surface area contributed by atoms with E-state index in [0.717, 1.165) is 16.8 Å². The van der Waals surface area contributed by atoms with Gasteiger partial charge in [-0.15, -0.1) is 0 Å². The van der Waals surface area contributed by atoms with Gasteiger partial charge in [0, 0.05) is 34.3 Å². The summed E-state index contributed by atoms with van der Waals surface area (Å²) in [5, 5.41) is 3.91. The average molecular weight is 496 g/mol. The summed E-state index contributed by atoms with van der Waals surface area (Å²) in [6, 6.07) is 12.9. The molecule has 0 saturated carbocycles. The van der Waals surface area contributed by atoms with Crippen molar-refractivity contribution in [2.45, 2.75) is 39.2 Å². The zero-order chi connectivity index (χ0) is 25.3. The second kappa shape index (κ2) is 9.78. The Morgan fingerprint density at radius 1 is 1.11 bits per heavy atom. The Labute approximate surface area is 210 Å². The van der Waals surface area contributed by atoms with Gasteiger partial charge in [-0.3, -0.25) is 9.59 Å². The number of ketones is 1. The normalized spacial score (nSPS) is 21.2. The average Bonchev–Trinajstić information content (AvgIpc) is 2.81. The Bertz CT molecular complexity index is 1200. The minimum atomic E-state index is -0.741. The number of ether oxygens (including phenoxy) is 3. The van der Waals surface area contributed by atoms with Gasteiger partial charge in [-0.05, 0) is 47.2 Å². The van der Waals surface area contributed by atoms with E-state index in [1.807, 2.05) is 36.4 Å². The number of rotatable bonds is 6. The maximum absolute atomic E-state index is 13.4. The summed E-state index contributed by atoms with van der Waals surface area (Å²) < 4.78 is 16.7. The highest BCUT2D eigenvalue weighted by atomic mass is 35.5. The summed E-state index contributed by atoms with van der Waals surface area (Å²) >= 11 is 5.96. The quantitative estimate of drug-likeness (QED) is 0.529. The lowest BCUT2D eigenvalue weighted by molar-refractivity contribution is -0.144. The molecule has 0 aromatic heterocycles. The molecular weight excluding hydrogens is 466 g/mol. The van der Waals surface area contributed by atoms with Crippen LogP contribution < -0.4 is 14.8 Å². The summed E-state index contributed by atoms with van der Waals surface area (Å²) in [4.78, 5) is 26.2. The van der Waals surface area contributed by atoms with E-state index in [-0.39, 0.29) is 11.2 Å². The smallest absolute Gasteiger partial charge is 0.315 e. The van der Waals surface area contributed by atoms with Crippen LogP contribution in [-0.4, -0.2) is 26.0 Å². The predicted octanol–water partition coefficient (Wildman–Crippen LogP) is 5.56. The van der Waals surface area contributed by atoms with Gasteiger partial charge in [0.05, 0.1) is 14.2 Å². The largest absolute Gasteiger partial charge is 0.493 e. The number of halogens is 1. The molecule has 2 atom stereocenters. The number of benzene rings is 2. The molecule has 0 fully saturated rings. The molecule has 0 amide bonds. The van der Waals surface area contributed by atoms with Crippen LogP contribution in [0.15, 0.2) is 66.0 Å². The second-order valence-electron chi connectivity index (χ2n) is 9.79. The molecule has 2 aliphatic rings. The van der Waals surface area contributed by atoms with Gasteiger partial charge in [0.25, 0.3) is 0 Å². The SMILES string of the molecule is C=C1NC2=C(C(=O)CC(C)(C)C2)C(c2ccc(OCc3ccc(Cl)cc3)c(OC)c2)C1C(=O)OC. The van der Waals surface area contributed by atoms with Crippen LogP contribution in [0.5, 0.6) is 11.5 Å². The fraction of sp³-hybridized carbons (Fsp3) is 0.357. The molecule has 35 heavy (non-hydrogen) atoms. The van der Waals surface area contributed by atoms with Gasteiger partial charge < -0.3 is 19.5 Å². The minimum Gasteiger partial charge on any atom is -0.493 e. The predicted molar refractivity (Wildman–Crippen MR) is 134 cm³/mol. The lowest BCUT2D eigenvalue weighted by Crippen LogP contribution is -2.43. The number of Topliss-reactive ketones (excluding diaryl/α,β-unsaturated/α-hetero) is 1. The van der Waals surface area contributed by atoms with E-state index in [4.69, 9.17) is 25.8 Å². The van der Waals surface area contributed by atoms with Crippen LogP contribution in [0.2, 0.25) is 5.02 Å². The number of esters is 1. The van der Waals surface area contributed by atoms with Crippen molar-refractivity contribution in [3.05, 3.63) is 82.2 Å². The highest BCUT2D eigenvalue weighted by Crippen LogP contribution is 2.49. The summed E-state index contributed by atoms with van der Waals surface area (Å²) in [5.74, 6) is -0.631. The number of carbonyl (C=O) groups is 2. The Kier molecular flexibility index (Phi) is 6.95. The zero-order valence-electron chi connectivity index (χ0n) is 20.4. The Morgan fingerprint density at radius 2 is 1.83 bits per heavy atom. The first-order valence-electron chi connectivity index (χ1n) is 11.5. The second-order valence-corrected chi connectivity index (χ2v) is 10.2. The maximum Gasteiger partial charge on any atom is 0.315 e. The maximum atomic E-state index is 13.4. The summed E-state index contributed by atoms with van der Waals surface area (Å²) in [5.41, 5.74) is 3.51. The number of hydrogen-bond acceptors (Lipinski definition) is 6. The van der Waals surface area contributed by atoms with Gasteiger partial charge in [-0.2, -0.15) is 0 Å². The summed E-state index contributed by atoms with van der Waals surface area (Å²) in [7, 11) is 2.91. The van der Waals surface area contributed by atoms with E-state index in [0.29, 0.717) is 47.2 Å². The molecule has 2 aromatic carbocycles. The fourth-order valence-electron chi connectivity index (χ4n) is 4.95. The van der Waals surface area contributed by atoms with Crippen molar-refractivity contribution in [2.75, 3.05) is 14.2 Å². The van der Waals surface area contributed by atoms with Gasteiger partial charge in [0.1, 0.15) is 12.5 Å². The molecule has 0 radical (unpaired) electrons. The number of carbonyl (C=O) groups excluding carboxylic acids is 2. The molecule has 2 aromatic rings. The summed E-state index contributed by atoms with van der Waals surface area (Å²) in [6.45, 7) is 8.58. The lowest BCUT2D eigenvalue weighted by Gasteiger charge is -2.42. The van der Waals surface area contributed by atoms with Crippen molar-refractivity contribution in [3.63, 3.8) is 0 Å². The van der Waals surface area contributed by atoms with Crippen LogP contribution in [0.4, 0.5) is 0 Å². The van der Waals surface area contributed by atoms with Crippen molar-refractivity contribution in [2.24, 2.45) is 11.3 Å². The highest BCUT2D eigenvalue weighted by molar-refractivity contribution is 6.30. The third-order valence-electron chi connectivity index (χ3n) is 6.56. The number of hydrogen-bond donors (Lipinski definition) is 1. The van der Waals surface area contributed by atoms with Crippen LogP contribution in [0.3, 0.4) is 0 Å². The highest BCUT2D eigenvalue weighted by Gasteiger charge is 2.46. The van der Waals surface area contributed by atoms with Gasteiger partial charge in [0.15, 0.2) is 17.3 Å². The first kappa shape index (κ1) is 24.9. The molecule has 0 spiro atoms. The molecule has 0 saturated heterocycles. The van der Waals surface area contributed by atoms with Gasteiger partial charge in [-0.25, -0.2) is 0 Å². The number of allylic oxidation sites excluding steroid dienone is 2. The molecule has 1 aliphatic carbocycles. The van der Waals surface area contributed by atoms with Crippen LogP contribution in [-0.2, 0) is 20.9 Å². The van der Waals surface area contributed by atoms with Crippen LogP contribution in [0.1, 0.15) is 43.7 Å². The first-order valence-corrected chi connectivity index (χ1v) is 11.9. The van der Waals surface area contributed by atoms with Gasteiger partial charge in [-0.1, -0.05) is 50.2 Å². The van der Waals surface area contributed by atoms with Gasteiger partial charge >= 0.3 is 5.97 Å². The Balaban J connectivity index is 1.72. The molecule has 1 heterocycles. The van der Waals surface area contributed by atoms with Crippen molar-refractivity contribution in [1.29, 1.82) is 0 Å². The molecule has 184 valence electrons. The van der Waals surface area contributed by atoms with E-state index >= 15 is 0 Å². The van der Waals surface area contributed by atoms with Crippen molar-refractivity contribution >= 4 is 23.4 Å². The van der Waals surface area contributed by atoms with E-state index < -0.39 is 17.8 Å². The molecule has 0 bridgehead atoms. The zero-order valence-corrected chi connectivity index (χ0v) is 21.2. The van der Waals surface area contributed by atoms with E-state index in [9.17, 15) is 9.59 Å². The Hall–Kier alpha value is -3.25. The fourth-order valence-corrected chi connectivity index (χ4v) is 5.08. The molecule has 4 rings (SSSR count). The van der Waals surface area contributed by atoms with Crippen LogP contribution in [0, 0.1) is 11.3 Å². The van der Waals surface area contributed by atoms with E-state index in [2.05, 4.69) is 25.7 Å². The van der Waals surface area contributed by atoms with Crippen LogP contribution in [0.25, 0.3) is 0 Å². The third kappa shape index (κ3) is 5.08. The summed E-state index contributed by atoms with van der Waals surface area (Å²) in [6.07, 6.45) is 1.10. The topological polar surface area (TPSA) is 73.9 Å².